The SMILES string of the molecule is Cc1ccc(S(=O)(=O)Oc2ccc(S(=O)(=O)c3c(C(C)(C)C)cn4ccccc34)cc2)cc1. The molecule has 0 atom stereocenters. The minimum absolute atomic E-state index is 0.0277. The molecule has 0 spiro atoms. The molecule has 0 saturated carbocycles. The molecule has 0 unspecified atom stereocenters. The molecule has 0 amide bonds. The third kappa shape index (κ3) is 4.41. The van der Waals surface area contributed by atoms with Crippen LogP contribution < -0.4 is 4.18 Å². The van der Waals surface area contributed by atoms with Crippen molar-refractivity contribution in [2.45, 2.75) is 47.8 Å². The van der Waals surface area contributed by atoms with Crippen LogP contribution in [-0.2, 0) is 25.4 Å². The quantitative estimate of drug-likeness (QED) is 0.367. The molecule has 0 saturated heterocycles. The fraction of sp³-hybridized carbons (Fsp3) is 0.200. The Morgan fingerprint density at radius 3 is 2.00 bits per heavy atom. The summed E-state index contributed by atoms with van der Waals surface area (Å²) in [5, 5.41) is 0. The van der Waals surface area contributed by atoms with E-state index in [1.165, 1.54) is 36.4 Å². The Morgan fingerprint density at radius 2 is 1.39 bits per heavy atom. The molecule has 2 heterocycles. The number of pyridine rings is 1. The first-order chi connectivity index (χ1) is 15.4. The third-order valence-electron chi connectivity index (χ3n) is 5.36. The lowest BCUT2D eigenvalue weighted by molar-refractivity contribution is 0.486. The van der Waals surface area contributed by atoms with Gasteiger partial charge in [0.25, 0.3) is 0 Å². The van der Waals surface area contributed by atoms with Gasteiger partial charge in [-0.05, 0) is 66.4 Å². The van der Waals surface area contributed by atoms with Gasteiger partial charge in [-0.15, -0.1) is 0 Å². The Balaban J connectivity index is 1.72. The molecule has 6 nitrogen and oxygen atoms in total. The molecule has 33 heavy (non-hydrogen) atoms. The average molecular weight is 484 g/mol. The lowest BCUT2D eigenvalue weighted by Crippen LogP contribution is -2.15. The molecule has 2 aromatic heterocycles. The van der Waals surface area contributed by atoms with Crippen LogP contribution in [0.5, 0.6) is 5.75 Å². The molecule has 0 aliphatic carbocycles. The summed E-state index contributed by atoms with van der Waals surface area (Å²) in [7, 11) is -7.91. The molecule has 0 bridgehead atoms. The highest BCUT2D eigenvalue weighted by Gasteiger charge is 2.31. The number of hydrogen-bond donors (Lipinski definition) is 0. The van der Waals surface area contributed by atoms with Gasteiger partial charge in [0, 0.05) is 12.4 Å². The fourth-order valence-corrected chi connectivity index (χ4v) is 6.34. The zero-order valence-electron chi connectivity index (χ0n) is 18.8. The van der Waals surface area contributed by atoms with Crippen LogP contribution in [0.25, 0.3) is 5.52 Å². The Kier molecular flexibility index (Phi) is 5.62. The van der Waals surface area contributed by atoms with Crippen molar-refractivity contribution in [2.24, 2.45) is 0 Å². The van der Waals surface area contributed by atoms with E-state index in [2.05, 4.69) is 0 Å². The molecule has 0 N–H and O–H groups in total. The van der Waals surface area contributed by atoms with Gasteiger partial charge in [-0.3, -0.25) is 0 Å². The number of sulfone groups is 1. The number of benzene rings is 2. The Hall–Kier alpha value is -3.10. The lowest BCUT2D eigenvalue weighted by Gasteiger charge is -2.19. The van der Waals surface area contributed by atoms with Gasteiger partial charge in [-0.25, -0.2) is 8.42 Å². The summed E-state index contributed by atoms with van der Waals surface area (Å²) in [5.74, 6) is 0.0345. The molecule has 0 radical (unpaired) electrons. The van der Waals surface area contributed by atoms with E-state index in [9.17, 15) is 16.8 Å². The average Bonchev–Trinajstić information content (AvgIpc) is 3.15. The van der Waals surface area contributed by atoms with Crippen molar-refractivity contribution in [3.05, 3.63) is 90.3 Å². The zero-order chi connectivity index (χ0) is 24.0. The van der Waals surface area contributed by atoms with Gasteiger partial charge in [0.1, 0.15) is 15.5 Å². The summed E-state index contributed by atoms with van der Waals surface area (Å²) < 4.78 is 59.4. The molecule has 4 rings (SSSR count). The second kappa shape index (κ2) is 8.04. The summed E-state index contributed by atoms with van der Waals surface area (Å²) in [6.07, 6.45) is 3.66. The number of aryl methyl sites for hydroxylation is 1. The van der Waals surface area contributed by atoms with Crippen LogP contribution in [0, 0.1) is 6.92 Å². The standard InChI is InChI=1S/C25H25NO5S2/c1-18-8-12-21(13-9-18)33(29,30)31-19-10-14-20(15-11-19)32(27,28)24-22(25(2,3)4)17-26-16-6-5-7-23(24)26/h5-17H,1-4H3. The smallest absolute Gasteiger partial charge is 0.339 e. The predicted molar refractivity (Wildman–Crippen MR) is 127 cm³/mol. The van der Waals surface area contributed by atoms with Crippen LogP contribution in [0.3, 0.4) is 0 Å². The molecule has 0 aliphatic rings. The number of fused-ring (bicyclic) bond motifs is 1. The molecule has 2 aromatic carbocycles. The molecular formula is C25H25NO5S2. The molecule has 0 fully saturated rings. The lowest BCUT2D eigenvalue weighted by atomic mass is 9.89. The Morgan fingerprint density at radius 1 is 0.788 bits per heavy atom. The number of rotatable bonds is 5. The molecule has 172 valence electrons. The van der Waals surface area contributed by atoms with Crippen LogP contribution in [0.1, 0.15) is 31.9 Å². The predicted octanol–water partition coefficient (Wildman–Crippen LogP) is 5.15. The monoisotopic (exact) mass is 483 g/mol. The number of aromatic nitrogens is 1. The minimum Gasteiger partial charge on any atom is -0.379 e. The van der Waals surface area contributed by atoms with Crippen molar-refractivity contribution in [1.82, 2.24) is 4.40 Å². The second-order valence-corrected chi connectivity index (χ2v) is 12.4. The van der Waals surface area contributed by atoms with E-state index in [1.807, 2.05) is 46.2 Å². The van der Waals surface area contributed by atoms with Gasteiger partial charge in [0.2, 0.25) is 9.84 Å². The van der Waals surface area contributed by atoms with Crippen molar-refractivity contribution in [3.63, 3.8) is 0 Å². The van der Waals surface area contributed by atoms with E-state index in [-0.39, 0.29) is 20.4 Å². The zero-order valence-corrected chi connectivity index (χ0v) is 20.4. The van der Waals surface area contributed by atoms with Crippen LogP contribution in [0.4, 0.5) is 0 Å². The van der Waals surface area contributed by atoms with Crippen molar-refractivity contribution in [1.29, 1.82) is 0 Å². The summed E-state index contributed by atoms with van der Waals surface area (Å²) in [6.45, 7) is 7.75. The summed E-state index contributed by atoms with van der Waals surface area (Å²) in [6, 6.07) is 17.2. The first-order valence-electron chi connectivity index (χ1n) is 10.4. The van der Waals surface area contributed by atoms with E-state index >= 15 is 0 Å². The minimum atomic E-state index is -4.03. The van der Waals surface area contributed by atoms with Crippen LogP contribution in [-0.4, -0.2) is 21.2 Å². The largest absolute Gasteiger partial charge is 0.379 e. The van der Waals surface area contributed by atoms with Crippen LogP contribution in [0.2, 0.25) is 0 Å². The summed E-state index contributed by atoms with van der Waals surface area (Å²) in [5.41, 5.74) is 1.82. The van der Waals surface area contributed by atoms with Crippen LogP contribution >= 0.6 is 0 Å². The number of hydrogen-bond acceptors (Lipinski definition) is 5. The van der Waals surface area contributed by atoms with E-state index in [0.29, 0.717) is 11.1 Å². The first-order valence-corrected chi connectivity index (χ1v) is 13.3. The molecule has 0 aliphatic heterocycles. The van der Waals surface area contributed by atoms with Gasteiger partial charge in [0.05, 0.1) is 10.4 Å². The second-order valence-electron chi connectivity index (χ2n) is 8.94. The molecular weight excluding hydrogens is 458 g/mol. The van der Waals surface area contributed by atoms with Crippen molar-refractivity contribution in [3.8, 4) is 5.75 Å². The van der Waals surface area contributed by atoms with Gasteiger partial charge in [0.15, 0.2) is 0 Å². The van der Waals surface area contributed by atoms with E-state index in [1.54, 1.807) is 28.7 Å². The van der Waals surface area contributed by atoms with E-state index in [0.717, 1.165) is 5.56 Å². The normalized spacial score (nSPS) is 12.7. The highest BCUT2D eigenvalue weighted by molar-refractivity contribution is 7.91. The topological polar surface area (TPSA) is 81.9 Å². The highest BCUT2D eigenvalue weighted by atomic mass is 32.2. The van der Waals surface area contributed by atoms with Gasteiger partial charge in [-0.2, -0.15) is 8.42 Å². The van der Waals surface area contributed by atoms with Crippen molar-refractivity contribution < 1.29 is 21.0 Å². The highest BCUT2D eigenvalue weighted by Crippen LogP contribution is 2.37. The summed E-state index contributed by atoms with van der Waals surface area (Å²) >= 11 is 0. The Bertz CT molecular complexity index is 1530. The van der Waals surface area contributed by atoms with Crippen LogP contribution in [0.15, 0.2) is 93.8 Å². The maximum Gasteiger partial charge on any atom is 0.339 e. The first kappa shape index (κ1) is 23.1. The molecule has 8 heteroatoms. The van der Waals surface area contributed by atoms with E-state index < -0.39 is 25.4 Å². The van der Waals surface area contributed by atoms with Gasteiger partial charge < -0.3 is 8.58 Å². The van der Waals surface area contributed by atoms with Gasteiger partial charge >= 0.3 is 10.1 Å². The Labute approximate surface area is 194 Å². The van der Waals surface area contributed by atoms with Crippen molar-refractivity contribution in [2.75, 3.05) is 0 Å². The molecule has 4 aromatic rings. The third-order valence-corrected chi connectivity index (χ3v) is 8.48. The summed E-state index contributed by atoms with van der Waals surface area (Å²) in [4.78, 5) is 0.335. The number of nitrogens with zero attached hydrogens (tertiary/aromatic N) is 1. The maximum absolute atomic E-state index is 13.7. The van der Waals surface area contributed by atoms with Crippen molar-refractivity contribution >= 4 is 25.5 Å². The van der Waals surface area contributed by atoms with Gasteiger partial charge in [-0.1, -0.05) is 44.5 Å². The maximum atomic E-state index is 13.7. The fourth-order valence-electron chi connectivity index (χ4n) is 3.59. The van der Waals surface area contributed by atoms with E-state index in [4.69, 9.17) is 4.18 Å².